The minimum absolute atomic E-state index is 0.0427. The van der Waals surface area contributed by atoms with Crippen molar-refractivity contribution in [1.29, 1.82) is 0 Å². The van der Waals surface area contributed by atoms with Crippen LogP contribution in [0.4, 0.5) is 5.69 Å². The summed E-state index contributed by atoms with van der Waals surface area (Å²) in [5.74, 6) is -1.49. The van der Waals surface area contributed by atoms with Crippen LogP contribution in [-0.4, -0.2) is 10.9 Å². The third-order valence-corrected chi connectivity index (χ3v) is 2.50. The van der Waals surface area contributed by atoms with Crippen molar-refractivity contribution in [1.82, 2.24) is 0 Å². The Morgan fingerprint density at radius 2 is 2.00 bits per heavy atom. The maximum absolute atomic E-state index is 10.8. The molecule has 0 amide bonds. The van der Waals surface area contributed by atoms with Crippen molar-refractivity contribution in [3.8, 4) is 11.3 Å². The molecule has 0 bridgehead atoms. The highest BCUT2D eigenvalue weighted by Crippen LogP contribution is 2.27. The van der Waals surface area contributed by atoms with Gasteiger partial charge in [0, 0.05) is 17.2 Å². The van der Waals surface area contributed by atoms with E-state index in [1.165, 1.54) is 18.2 Å². The van der Waals surface area contributed by atoms with E-state index in [-0.39, 0.29) is 17.2 Å². The highest BCUT2D eigenvalue weighted by Gasteiger charge is 2.13. The smallest absolute Gasteiger partial charge is 0.273 e. The molecule has 6 nitrogen and oxygen atoms in total. The lowest BCUT2D eigenvalue weighted by molar-refractivity contribution is -0.385. The Morgan fingerprint density at radius 1 is 1.28 bits per heavy atom. The lowest BCUT2D eigenvalue weighted by Gasteiger charge is -2.01. The molecule has 1 aromatic carbocycles. The SMILES string of the molecule is Cc1ccc(-c2ccc(C(=O)[O-])o2)cc1[N+](=O)[O-]. The van der Waals surface area contributed by atoms with Gasteiger partial charge in [-0.3, -0.25) is 10.1 Å². The van der Waals surface area contributed by atoms with Crippen LogP contribution in [0.3, 0.4) is 0 Å². The van der Waals surface area contributed by atoms with Gasteiger partial charge in [0.2, 0.25) is 0 Å². The molecule has 92 valence electrons. The quantitative estimate of drug-likeness (QED) is 0.604. The molecule has 0 aliphatic rings. The van der Waals surface area contributed by atoms with Crippen LogP contribution in [0.2, 0.25) is 0 Å². The van der Waals surface area contributed by atoms with Gasteiger partial charge in [0.1, 0.15) is 17.5 Å². The van der Waals surface area contributed by atoms with Crippen molar-refractivity contribution in [2.75, 3.05) is 0 Å². The Labute approximate surface area is 102 Å². The number of hydrogen-bond acceptors (Lipinski definition) is 5. The first-order chi connectivity index (χ1) is 8.49. The fraction of sp³-hybridized carbons (Fsp3) is 0.0833. The lowest BCUT2D eigenvalue weighted by Crippen LogP contribution is -2.21. The molecule has 0 saturated heterocycles. The number of carboxylic acids is 1. The van der Waals surface area contributed by atoms with E-state index in [4.69, 9.17) is 4.42 Å². The summed E-state index contributed by atoms with van der Waals surface area (Å²) in [6.45, 7) is 1.62. The van der Waals surface area contributed by atoms with E-state index in [0.29, 0.717) is 11.1 Å². The predicted molar refractivity (Wildman–Crippen MR) is 59.9 cm³/mol. The largest absolute Gasteiger partial charge is 0.542 e. The number of rotatable bonds is 3. The zero-order valence-corrected chi connectivity index (χ0v) is 9.38. The fourth-order valence-electron chi connectivity index (χ4n) is 1.56. The van der Waals surface area contributed by atoms with Gasteiger partial charge < -0.3 is 14.3 Å². The third kappa shape index (κ3) is 2.08. The predicted octanol–water partition coefficient (Wildman–Crippen LogP) is 1.53. The number of furan rings is 1. The maximum Gasteiger partial charge on any atom is 0.273 e. The number of nitrogens with zero attached hydrogens (tertiary/aromatic N) is 1. The molecule has 1 heterocycles. The van der Waals surface area contributed by atoms with Gasteiger partial charge >= 0.3 is 0 Å². The van der Waals surface area contributed by atoms with Crippen LogP contribution in [0.1, 0.15) is 16.1 Å². The number of nitro groups is 1. The molecule has 6 heteroatoms. The van der Waals surface area contributed by atoms with E-state index in [0.717, 1.165) is 0 Å². The molecule has 0 spiro atoms. The average Bonchev–Trinajstić information content (AvgIpc) is 2.78. The first-order valence-electron chi connectivity index (χ1n) is 5.05. The van der Waals surface area contributed by atoms with Gasteiger partial charge in [-0.2, -0.15) is 0 Å². The summed E-state index contributed by atoms with van der Waals surface area (Å²) in [5.41, 5.74) is 0.925. The van der Waals surface area contributed by atoms with Crippen molar-refractivity contribution < 1.29 is 19.2 Å². The lowest BCUT2D eigenvalue weighted by atomic mass is 10.1. The highest BCUT2D eigenvalue weighted by molar-refractivity contribution is 5.83. The summed E-state index contributed by atoms with van der Waals surface area (Å²) in [6.07, 6.45) is 0. The van der Waals surface area contributed by atoms with Crippen molar-refractivity contribution in [2.45, 2.75) is 6.92 Å². The fourth-order valence-corrected chi connectivity index (χ4v) is 1.56. The molecule has 18 heavy (non-hydrogen) atoms. The molecular weight excluding hydrogens is 238 g/mol. The van der Waals surface area contributed by atoms with Crippen LogP contribution in [0.25, 0.3) is 11.3 Å². The number of carbonyl (C=O) groups is 1. The molecule has 0 aliphatic heterocycles. The van der Waals surface area contributed by atoms with Crippen LogP contribution < -0.4 is 5.11 Å². The Kier molecular flexibility index (Phi) is 2.85. The Hall–Kier alpha value is -2.63. The number of nitro benzene ring substituents is 1. The summed E-state index contributed by atoms with van der Waals surface area (Å²) in [5, 5.41) is 21.4. The summed E-state index contributed by atoms with van der Waals surface area (Å²) < 4.78 is 5.02. The second-order valence-corrected chi connectivity index (χ2v) is 3.71. The van der Waals surface area contributed by atoms with Gasteiger partial charge in [-0.15, -0.1) is 0 Å². The van der Waals surface area contributed by atoms with Crippen molar-refractivity contribution >= 4 is 11.7 Å². The Bertz CT molecular complexity index is 629. The summed E-state index contributed by atoms with van der Waals surface area (Å²) in [7, 11) is 0. The topological polar surface area (TPSA) is 96.4 Å². The van der Waals surface area contributed by atoms with Crippen LogP contribution in [-0.2, 0) is 0 Å². The number of aromatic carboxylic acids is 1. The van der Waals surface area contributed by atoms with E-state index in [9.17, 15) is 20.0 Å². The number of hydrogen-bond donors (Lipinski definition) is 0. The van der Waals surface area contributed by atoms with Crippen LogP contribution in [0, 0.1) is 17.0 Å². The molecule has 0 saturated carbocycles. The first kappa shape index (κ1) is 11.8. The van der Waals surface area contributed by atoms with E-state index in [1.54, 1.807) is 19.1 Å². The molecule has 0 aliphatic carbocycles. The van der Waals surface area contributed by atoms with E-state index in [2.05, 4.69) is 0 Å². The Morgan fingerprint density at radius 3 is 2.56 bits per heavy atom. The summed E-state index contributed by atoms with van der Waals surface area (Å²) in [6, 6.07) is 7.22. The number of aryl methyl sites for hydroxylation is 1. The molecule has 2 aromatic rings. The molecule has 2 rings (SSSR count). The first-order valence-corrected chi connectivity index (χ1v) is 5.05. The standard InChI is InChI=1S/C12H9NO5/c1-7-2-3-8(6-9(7)13(16)17)10-4-5-11(18-10)12(14)15/h2-6H,1H3,(H,14,15)/p-1. The second-order valence-electron chi connectivity index (χ2n) is 3.71. The highest BCUT2D eigenvalue weighted by atomic mass is 16.6. The van der Waals surface area contributed by atoms with Crippen molar-refractivity contribution in [3.05, 3.63) is 51.8 Å². The maximum atomic E-state index is 10.8. The normalized spacial score (nSPS) is 10.3. The molecule has 0 fully saturated rings. The van der Waals surface area contributed by atoms with Crippen molar-refractivity contribution in [2.24, 2.45) is 0 Å². The molecule has 0 radical (unpaired) electrons. The molecule has 0 N–H and O–H groups in total. The monoisotopic (exact) mass is 246 g/mol. The average molecular weight is 246 g/mol. The molecule has 0 unspecified atom stereocenters. The minimum atomic E-state index is -1.43. The summed E-state index contributed by atoms with van der Waals surface area (Å²) in [4.78, 5) is 20.9. The van der Waals surface area contributed by atoms with E-state index in [1.807, 2.05) is 0 Å². The zero-order valence-electron chi connectivity index (χ0n) is 9.38. The molecular formula is C12H8NO5-. The number of carbonyl (C=O) groups excluding carboxylic acids is 1. The van der Waals surface area contributed by atoms with Gasteiger partial charge in [0.15, 0.2) is 0 Å². The van der Waals surface area contributed by atoms with Gasteiger partial charge in [0.25, 0.3) is 5.69 Å². The van der Waals surface area contributed by atoms with Crippen LogP contribution >= 0.6 is 0 Å². The van der Waals surface area contributed by atoms with E-state index >= 15 is 0 Å². The second kappa shape index (κ2) is 4.33. The van der Waals surface area contributed by atoms with Gasteiger partial charge in [0.05, 0.1) is 4.92 Å². The van der Waals surface area contributed by atoms with Crippen LogP contribution in [0.15, 0.2) is 34.7 Å². The minimum Gasteiger partial charge on any atom is -0.542 e. The van der Waals surface area contributed by atoms with Gasteiger partial charge in [-0.1, -0.05) is 12.1 Å². The summed E-state index contributed by atoms with van der Waals surface area (Å²) >= 11 is 0. The Balaban J connectivity index is 2.47. The molecule has 1 aromatic heterocycles. The molecule has 0 atom stereocenters. The third-order valence-electron chi connectivity index (χ3n) is 2.50. The number of carboxylic acid groups (broad SMARTS) is 1. The van der Waals surface area contributed by atoms with Gasteiger partial charge in [-0.05, 0) is 19.1 Å². The van der Waals surface area contributed by atoms with Gasteiger partial charge in [-0.25, -0.2) is 0 Å². The van der Waals surface area contributed by atoms with Crippen molar-refractivity contribution in [3.63, 3.8) is 0 Å². The number of benzene rings is 1. The zero-order chi connectivity index (χ0) is 13.3. The van der Waals surface area contributed by atoms with Crippen LogP contribution in [0.5, 0.6) is 0 Å². The van der Waals surface area contributed by atoms with E-state index < -0.39 is 10.9 Å².